The molecule has 3 amide bonds. The van der Waals surface area contributed by atoms with Crippen LogP contribution in [0.15, 0.2) is 41.0 Å². The van der Waals surface area contributed by atoms with Crippen molar-refractivity contribution in [1.29, 1.82) is 0 Å². The fourth-order valence-corrected chi connectivity index (χ4v) is 5.04. The number of likely N-dealkylation sites (tertiary alicyclic amines) is 1. The molecule has 0 radical (unpaired) electrons. The summed E-state index contributed by atoms with van der Waals surface area (Å²) in [6.07, 6.45) is 2.50. The molecular formula is C23H23BrClFN4O4. The van der Waals surface area contributed by atoms with Crippen LogP contribution in [0, 0.1) is 11.2 Å². The van der Waals surface area contributed by atoms with Gasteiger partial charge in [0.15, 0.2) is 0 Å². The predicted octanol–water partition coefficient (Wildman–Crippen LogP) is 4.08. The zero-order valence-corrected chi connectivity index (χ0v) is 20.9. The first-order valence-electron chi connectivity index (χ1n) is 10.7. The third-order valence-electron chi connectivity index (χ3n) is 6.48. The molecule has 1 unspecified atom stereocenters. The predicted molar refractivity (Wildman–Crippen MR) is 127 cm³/mol. The van der Waals surface area contributed by atoms with E-state index < -0.39 is 29.3 Å². The van der Waals surface area contributed by atoms with Crippen molar-refractivity contribution in [1.82, 2.24) is 15.2 Å². The van der Waals surface area contributed by atoms with Gasteiger partial charge in [-0.1, -0.05) is 11.6 Å². The number of rotatable bonds is 4. The molecule has 0 bridgehead atoms. The average Bonchev–Trinajstić information content (AvgIpc) is 2.84. The number of piperidine rings is 1. The number of hydrogen-bond acceptors (Lipinski definition) is 5. The normalized spacial score (nSPS) is 20.0. The zero-order valence-electron chi connectivity index (χ0n) is 18.6. The van der Waals surface area contributed by atoms with E-state index in [9.17, 15) is 18.8 Å². The second-order valence-electron chi connectivity index (χ2n) is 8.41. The number of hydrogen-bond donors (Lipinski definition) is 1. The number of ether oxygens (including phenoxy) is 1. The highest BCUT2D eigenvalue weighted by molar-refractivity contribution is 9.10. The van der Waals surface area contributed by atoms with Crippen molar-refractivity contribution in [3.05, 3.63) is 57.5 Å². The number of carbonyl (C=O) groups is 3. The molecule has 180 valence electrons. The van der Waals surface area contributed by atoms with Gasteiger partial charge in [-0.25, -0.2) is 14.0 Å². The zero-order chi connectivity index (χ0) is 24.6. The van der Waals surface area contributed by atoms with Crippen molar-refractivity contribution in [3.63, 3.8) is 0 Å². The van der Waals surface area contributed by atoms with Crippen molar-refractivity contribution < 1.29 is 23.5 Å². The smallest absolute Gasteiger partial charge is 0.328 e. The number of halogens is 3. The Morgan fingerprint density at radius 3 is 2.59 bits per heavy atom. The molecule has 1 spiro atoms. The van der Waals surface area contributed by atoms with Crippen LogP contribution < -0.4 is 10.2 Å². The number of esters is 1. The maximum Gasteiger partial charge on any atom is 0.328 e. The first kappa shape index (κ1) is 24.4. The second kappa shape index (κ2) is 9.50. The van der Waals surface area contributed by atoms with E-state index in [1.54, 1.807) is 22.9 Å². The lowest BCUT2D eigenvalue weighted by Gasteiger charge is -2.58. The largest absolute Gasteiger partial charge is 0.467 e. The molecule has 2 aliphatic heterocycles. The summed E-state index contributed by atoms with van der Waals surface area (Å²) in [7, 11) is 1.26. The van der Waals surface area contributed by atoms with Gasteiger partial charge in [0.1, 0.15) is 11.9 Å². The van der Waals surface area contributed by atoms with Crippen LogP contribution in [0.4, 0.5) is 14.9 Å². The minimum atomic E-state index is -0.780. The summed E-state index contributed by atoms with van der Waals surface area (Å²) in [6.45, 7) is 2.21. The molecule has 0 saturated carbocycles. The number of nitrogens with one attached hydrogen (secondary N) is 1. The SMILES string of the molecule is COC(=O)[C@H](C)NC(=O)N1CCC2(CC1)C(=O)N(c1ccc(F)c(Cl)c1)C2c1ccc(Br)cn1. The summed E-state index contributed by atoms with van der Waals surface area (Å²) in [6, 6.07) is 6.32. The van der Waals surface area contributed by atoms with E-state index in [1.807, 2.05) is 12.1 Å². The van der Waals surface area contributed by atoms with Gasteiger partial charge in [0.05, 0.1) is 29.3 Å². The molecule has 4 rings (SSSR count). The van der Waals surface area contributed by atoms with Crippen LogP contribution >= 0.6 is 27.5 Å². The molecular weight excluding hydrogens is 531 g/mol. The maximum atomic E-state index is 13.8. The minimum absolute atomic E-state index is 0.0695. The Morgan fingerprint density at radius 2 is 2.00 bits per heavy atom. The molecule has 8 nitrogen and oxygen atoms in total. The Morgan fingerprint density at radius 1 is 1.29 bits per heavy atom. The van der Waals surface area contributed by atoms with Gasteiger partial charge in [-0.3, -0.25) is 9.78 Å². The molecule has 2 aliphatic rings. The van der Waals surface area contributed by atoms with Crippen LogP contribution in [0.5, 0.6) is 0 Å². The van der Waals surface area contributed by atoms with Gasteiger partial charge in [0.2, 0.25) is 5.91 Å². The summed E-state index contributed by atoms with van der Waals surface area (Å²) in [5.41, 5.74) is 0.427. The molecule has 3 heterocycles. The summed E-state index contributed by atoms with van der Waals surface area (Å²) in [5.74, 6) is -1.22. The number of aromatic nitrogens is 1. The third kappa shape index (κ3) is 4.24. The Hall–Kier alpha value is -2.72. The molecule has 1 N–H and O–H groups in total. The van der Waals surface area contributed by atoms with Crippen LogP contribution in [0.1, 0.15) is 31.5 Å². The standard InChI is InChI=1S/C23H23BrClFN4O4/c1-13(20(31)34-2)28-22(33)29-9-7-23(8-10-29)19(18-6-3-14(24)12-27-18)30(21(23)32)15-4-5-17(26)16(25)11-15/h3-6,11-13,19H,7-10H2,1-2H3,(H,28,33)/t13-,19?/m0/s1. The fraction of sp³-hybridized carbons (Fsp3) is 0.391. The van der Waals surface area contributed by atoms with Crippen molar-refractivity contribution in [2.45, 2.75) is 31.8 Å². The number of β-lactam (4-membered cyclic amide) rings is 1. The topological polar surface area (TPSA) is 91.8 Å². The number of anilines is 1. The first-order valence-corrected chi connectivity index (χ1v) is 11.9. The molecule has 34 heavy (non-hydrogen) atoms. The van der Waals surface area contributed by atoms with Crippen molar-refractivity contribution in [3.8, 4) is 0 Å². The highest BCUT2D eigenvalue weighted by Crippen LogP contribution is 2.57. The van der Waals surface area contributed by atoms with Crippen molar-refractivity contribution >= 4 is 51.1 Å². The third-order valence-corrected chi connectivity index (χ3v) is 7.23. The average molecular weight is 554 g/mol. The summed E-state index contributed by atoms with van der Waals surface area (Å²) in [5, 5.41) is 2.55. The van der Waals surface area contributed by atoms with Gasteiger partial charge in [0.25, 0.3) is 0 Å². The van der Waals surface area contributed by atoms with Crippen LogP contribution in [0.25, 0.3) is 0 Å². The Labute approximate surface area is 209 Å². The lowest BCUT2D eigenvalue weighted by atomic mass is 9.63. The summed E-state index contributed by atoms with van der Waals surface area (Å²) < 4.78 is 19.2. The number of benzene rings is 1. The van der Waals surface area contributed by atoms with Gasteiger partial charge < -0.3 is 19.9 Å². The molecule has 2 saturated heterocycles. The van der Waals surface area contributed by atoms with E-state index in [0.717, 1.165) is 4.47 Å². The molecule has 0 aliphatic carbocycles. The number of nitrogens with zero attached hydrogens (tertiary/aromatic N) is 3. The lowest BCUT2D eigenvalue weighted by Crippen LogP contribution is -2.67. The second-order valence-corrected chi connectivity index (χ2v) is 9.74. The van der Waals surface area contributed by atoms with E-state index in [1.165, 1.54) is 25.3 Å². The van der Waals surface area contributed by atoms with E-state index in [-0.39, 0.29) is 17.0 Å². The lowest BCUT2D eigenvalue weighted by molar-refractivity contribution is -0.144. The van der Waals surface area contributed by atoms with Crippen LogP contribution in [-0.2, 0) is 14.3 Å². The number of carbonyl (C=O) groups excluding carboxylic acids is 3. The Balaban J connectivity index is 1.58. The van der Waals surface area contributed by atoms with Gasteiger partial charge in [0, 0.05) is 29.4 Å². The Bertz CT molecular complexity index is 1120. The molecule has 1 aromatic heterocycles. The van der Waals surface area contributed by atoms with Crippen LogP contribution in [0.3, 0.4) is 0 Å². The van der Waals surface area contributed by atoms with E-state index in [4.69, 9.17) is 11.6 Å². The molecule has 2 atom stereocenters. The van der Waals surface area contributed by atoms with Gasteiger partial charge in [-0.2, -0.15) is 0 Å². The van der Waals surface area contributed by atoms with Crippen LogP contribution in [0.2, 0.25) is 5.02 Å². The summed E-state index contributed by atoms with van der Waals surface area (Å²) >= 11 is 9.37. The highest BCUT2D eigenvalue weighted by Gasteiger charge is 2.62. The van der Waals surface area contributed by atoms with E-state index in [2.05, 4.69) is 31.0 Å². The van der Waals surface area contributed by atoms with Gasteiger partial charge in [-0.05, 0) is 66.0 Å². The number of methoxy groups -OCH3 is 1. The Kier molecular flexibility index (Phi) is 6.82. The molecule has 2 fully saturated rings. The highest BCUT2D eigenvalue weighted by atomic mass is 79.9. The van der Waals surface area contributed by atoms with Gasteiger partial charge >= 0.3 is 12.0 Å². The summed E-state index contributed by atoms with van der Waals surface area (Å²) in [4.78, 5) is 45.5. The monoisotopic (exact) mass is 552 g/mol. The number of urea groups is 1. The molecule has 2 aromatic rings. The molecule has 1 aromatic carbocycles. The first-order chi connectivity index (χ1) is 16.2. The van der Waals surface area contributed by atoms with E-state index >= 15 is 0 Å². The number of amides is 3. The maximum absolute atomic E-state index is 13.8. The van der Waals surface area contributed by atoms with Crippen molar-refractivity contribution in [2.24, 2.45) is 5.41 Å². The van der Waals surface area contributed by atoms with Crippen LogP contribution in [-0.4, -0.2) is 54.0 Å². The quantitative estimate of drug-likeness (QED) is 0.455. The molecule has 11 heteroatoms. The number of pyridine rings is 1. The van der Waals surface area contributed by atoms with Gasteiger partial charge in [-0.15, -0.1) is 0 Å². The van der Waals surface area contributed by atoms with Crippen molar-refractivity contribution in [2.75, 3.05) is 25.1 Å². The minimum Gasteiger partial charge on any atom is -0.467 e. The van der Waals surface area contributed by atoms with E-state index in [0.29, 0.717) is 37.3 Å². The fourth-order valence-electron chi connectivity index (χ4n) is 4.63.